The molecular weight excluding hydrogens is 263 g/mol. The highest BCUT2D eigenvalue weighted by Crippen LogP contribution is 2.18. The van der Waals surface area contributed by atoms with Crippen molar-refractivity contribution >= 4 is 26.0 Å². The quantitative estimate of drug-likeness (QED) is 0.780. The van der Waals surface area contributed by atoms with E-state index in [9.17, 15) is 21.6 Å². The molecule has 8 heteroatoms. The Hall–Kier alpha value is 0.180. The van der Waals surface area contributed by atoms with Crippen molar-refractivity contribution in [2.45, 2.75) is 12.6 Å². The topological polar surface area (TPSA) is 46.2 Å². The van der Waals surface area contributed by atoms with Crippen molar-refractivity contribution in [1.82, 2.24) is 4.72 Å². The molecule has 0 heterocycles. The number of rotatable bonds is 4. The van der Waals surface area contributed by atoms with Crippen LogP contribution in [-0.4, -0.2) is 25.8 Å². The van der Waals surface area contributed by atoms with Crippen LogP contribution in [0, 0.1) is 0 Å². The summed E-state index contributed by atoms with van der Waals surface area (Å²) in [5.41, 5.74) is 0. The molecule has 0 amide bonds. The highest BCUT2D eigenvalue weighted by Gasteiger charge is 2.26. The molecule has 0 unspecified atom stereocenters. The normalized spacial score (nSPS) is 13.3. The molecule has 0 aromatic heterocycles. The minimum absolute atomic E-state index is 0.391. The molecule has 0 aliphatic carbocycles. The molecule has 0 fully saturated rings. The second-order valence-electron chi connectivity index (χ2n) is 1.98. The van der Waals surface area contributed by atoms with E-state index in [4.69, 9.17) is 0 Å². The molecule has 1 N–H and O–H groups in total. The Morgan fingerprint density at radius 1 is 1.33 bits per heavy atom. The molecule has 0 aliphatic heterocycles. The van der Waals surface area contributed by atoms with Crippen LogP contribution in [-0.2, 0) is 10.0 Å². The zero-order chi connectivity index (χ0) is 9.83. The number of hydrogen-bond acceptors (Lipinski definition) is 2. The maximum Gasteiger partial charge on any atom is 0.390 e. The van der Waals surface area contributed by atoms with Gasteiger partial charge in [0.1, 0.15) is 4.66 Å². The van der Waals surface area contributed by atoms with Gasteiger partial charge in [-0.2, -0.15) is 13.2 Å². The molecule has 0 rings (SSSR count). The van der Waals surface area contributed by atoms with Crippen molar-refractivity contribution < 1.29 is 21.6 Å². The van der Waals surface area contributed by atoms with Crippen molar-refractivity contribution in [3.8, 4) is 0 Å². The third kappa shape index (κ3) is 6.86. The van der Waals surface area contributed by atoms with Crippen LogP contribution >= 0.6 is 15.9 Å². The largest absolute Gasteiger partial charge is 0.390 e. The van der Waals surface area contributed by atoms with E-state index in [0.717, 1.165) is 0 Å². The highest BCUT2D eigenvalue weighted by atomic mass is 79.9. The highest BCUT2D eigenvalue weighted by molar-refractivity contribution is 9.10. The molecule has 0 bridgehead atoms. The summed E-state index contributed by atoms with van der Waals surface area (Å²) in [5.74, 6) is 0. The third-order valence-corrected chi connectivity index (χ3v) is 3.61. The zero-order valence-corrected chi connectivity index (χ0v) is 8.26. The first kappa shape index (κ1) is 12.2. The van der Waals surface area contributed by atoms with Gasteiger partial charge in [0.2, 0.25) is 10.0 Å². The molecule has 3 nitrogen and oxygen atoms in total. The van der Waals surface area contributed by atoms with Crippen LogP contribution in [0.15, 0.2) is 0 Å². The van der Waals surface area contributed by atoms with Crippen LogP contribution in [0.4, 0.5) is 13.2 Å². The van der Waals surface area contributed by atoms with Gasteiger partial charge in [0.05, 0.1) is 6.42 Å². The Labute approximate surface area is 76.5 Å². The fourth-order valence-electron chi connectivity index (χ4n) is 0.387. The van der Waals surface area contributed by atoms with E-state index < -0.39 is 33.8 Å². The van der Waals surface area contributed by atoms with Crippen molar-refractivity contribution in [3.05, 3.63) is 0 Å². The smallest absolute Gasteiger partial charge is 0.214 e. The number of hydrogen-bond donors (Lipinski definition) is 1. The lowest BCUT2D eigenvalue weighted by Crippen LogP contribution is -2.28. The minimum atomic E-state index is -4.32. The Kier molecular flexibility index (Phi) is 4.49. The zero-order valence-electron chi connectivity index (χ0n) is 5.86. The van der Waals surface area contributed by atoms with Crippen LogP contribution < -0.4 is 4.72 Å². The van der Waals surface area contributed by atoms with Gasteiger partial charge in [-0.25, -0.2) is 13.1 Å². The summed E-state index contributed by atoms with van der Waals surface area (Å²) in [6.07, 6.45) is -5.48. The number of alkyl halides is 4. The second kappa shape index (κ2) is 4.43. The van der Waals surface area contributed by atoms with Gasteiger partial charge in [-0.3, -0.25) is 0 Å². The molecule has 0 aliphatic rings. The van der Waals surface area contributed by atoms with E-state index in [1.54, 1.807) is 4.72 Å². The maximum atomic E-state index is 11.5. The summed E-state index contributed by atoms with van der Waals surface area (Å²) in [4.78, 5) is 0. The molecule has 74 valence electrons. The Balaban J connectivity index is 3.73. The van der Waals surface area contributed by atoms with Crippen molar-refractivity contribution in [3.63, 3.8) is 0 Å². The Bertz CT molecular complexity index is 225. The molecule has 0 radical (unpaired) electrons. The fourth-order valence-corrected chi connectivity index (χ4v) is 1.36. The summed E-state index contributed by atoms with van der Waals surface area (Å²) in [5, 5.41) is 0. The predicted molar refractivity (Wildman–Crippen MR) is 41.4 cm³/mol. The van der Waals surface area contributed by atoms with Gasteiger partial charge in [0.15, 0.2) is 0 Å². The van der Waals surface area contributed by atoms with Crippen molar-refractivity contribution in [1.29, 1.82) is 0 Å². The Morgan fingerprint density at radius 3 is 2.17 bits per heavy atom. The summed E-state index contributed by atoms with van der Waals surface area (Å²) >= 11 is 2.62. The van der Waals surface area contributed by atoms with E-state index in [1.165, 1.54) is 0 Å². The molecule has 0 aromatic rings. The summed E-state index contributed by atoms with van der Waals surface area (Å²) in [6.45, 7) is -0.614. The first-order chi connectivity index (χ1) is 5.27. The lowest BCUT2D eigenvalue weighted by atomic mass is 10.4. The summed E-state index contributed by atoms with van der Waals surface area (Å²) in [7, 11) is -3.58. The van der Waals surface area contributed by atoms with E-state index >= 15 is 0 Å². The summed E-state index contributed by atoms with van der Waals surface area (Å²) in [6, 6.07) is 0. The summed E-state index contributed by atoms with van der Waals surface area (Å²) < 4.78 is 57.0. The average molecular weight is 270 g/mol. The van der Waals surface area contributed by atoms with Gasteiger partial charge in [0.25, 0.3) is 0 Å². The molecule has 0 saturated heterocycles. The van der Waals surface area contributed by atoms with Crippen LogP contribution in [0.5, 0.6) is 0 Å². The van der Waals surface area contributed by atoms with E-state index in [2.05, 4.69) is 15.9 Å². The molecule has 12 heavy (non-hydrogen) atoms. The lowest BCUT2D eigenvalue weighted by molar-refractivity contribution is -0.132. The van der Waals surface area contributed by atoms with Crippen LogP contribution in [0.2, 0.25) is 0 Å². The maximum absolute atomic E-state index is 11.5. The molecule has 0 aromatic carbocycles. The van der Waals surface area contributed by atoms with E-state index in [1.807, 2.05) is 0 Å². The Morgan fingerprint density at radius 2 is 1.83 bits per heavy atom. The fraction of sp³-hybridized carbons (Fsp3) is 1.00. The molecular formula is C4H7BrF3NO2S. The molecule has 0 spiro atoms. The first-order valence-electron chi connectivity index (χ1n) is 2.87. The third-order valence-electron chi connectivity index (χ3n) is 0.874. The van der Waals surface area contributed by atoms with Gasteiger partial charge in [0, 0.05) is 6.54 Å². The van der Waals surface area contributed by atoms with Gasteiger partial charge in [-0.1, -0.05) is 15.9 Å². The number of halogens is 4. The van der Waals surface area contributed by atoms with Gasteiger partial charge < -0.3 is 0 Å². The molecule has 0 saturated carbocycles. The van der Waals surface area contributed by atoms with Crippen LogP contribution in [0.1, 0.15) is 6.42 Å². The average Bonchev–Trinajstić information content (AvgIpc) is 1.84. The van der Waals surface area contributed by atoms with Crippen molar-refractivity contribution in [2.24, 2.45) is 0 Å². The minimum Gasteiger partial charge on any atom is -0.214 e. The second-order valence-corrected chi connectivity index (χ2v) is 5.09. The number of sulfonamides is 1. The number of nitrogens with one attached hydrogen (secondary N) is 1. The first-order valence-corrected chi connectivity index (χ1v) is 5.64. The standard InChI is InChI=1S/C4H7BrF3NO2S/c5-3-12(10,11)9-2-1-4(6,7)8/h9H,1-3H2. The van der Waals surface area contributed by atoms with Crippen LogP contribution in [0.25, 0.3) is 0 Å². The molecule has 0 atom stereocenters. The van der Waals surface area contributed by atoms with Gasteiger partial charge >= 0.3 is 6.18 Å². The predicted octanol–water partition coefficient (Wildman–Crippen LogP) is 1.21. The van der Waals surface area contributed by atoms with E-state index in [-0.39, 0.29) is 0 Å². The lowest BCUT2D eigenvalue weighted by Gasteiger charge is -2.06. The van der Waals surface area contributed by atoms with Gasteiger partial charge in [-0.15, -0.1) is 0 Å². The van der Waals surface area contributed by atoms with E-state index in [0.29, 0.717) is 0 Å². The SMILES string of the molecule is O=S(=O)(CBr)NCCC(F)(F)F. The van der Waals surface area contributed by atoms with Crippen LogP contribution in [0.3, 0.4) is 0 Å². The van der Waals surface area contributed by atoms with Gasteiger partial charge in [-0.05, 0) is 0 Å². The van der Waals surface area contributed by atoms with Crippen molar-refractivity contribution in [2.75, 3.05) is 11.2 Å². The monoisotopic (exact) mass is 269 g/mol.